The van der Waals surface area contributed by atoms with Gasteiger partial charge in [0.25, 0.3) is 0 Å². The van der Waals surface area contributed by atoms with Crippen molar-refractivity contribution >= 4 is 53.4 Å². The van der Waals surface area contributed by atoms with Gasteiger partial charge in [-0.3, -0.25) is 4.98 Å². The van der Waals surface area contributed by atoms with Crippen molar-refractivity contribution in [1.29, 1.82) is 0 Å². The molecule has 0 aliphatic heterocycles. The number of para-hydroxylation sites is 1. The standard InChI is InChI=1S/C51H31N3OS/c1-2-12-34(13-3-1)51-53-43(31-44(54-51)36-15-10-14-35(30-36)42-19-8-9-29-52-42)33-25-23-32(24-26-33)37-27-28-39(49-40-16-4-6-20-45(40)55-50(37)49)38-18-11-22-47-48(38)41-17-5-7-21-46(41)56-47/h1-31H. The molecule has 0 aliphatic carbocycles. The van der Waals surface area contributed by atoms with Crippen molar-refractivity contribution in [3.8, 4) is 67.4 Å². The van der Waals surface area contributed by atoms with E-state index in [1.807, 2.05) is 60.0 Å². The SMILES string of the molecule is c1ccc(-c2nc(-c3ccc(-c4ccc(-c5cccc6sc7ccccc7c56)c5c4oc4ccccc45)cc3)cc(-c3cccc(-c4ccccn4)c3)n2)cc1. The molecule has 11 rings (SSSR count). The van der Waals surface area contributed by atoms with E-state index in [9.17, 15) is 0 Å². The van der Waals surface area contributed by atoms with Gasteiger partial charge in [-0.2, -0.15) is 0 Å². The van der Waals surface area contributed by atoms with Crippen molar-refractivity contribution < 1.29 is 4.42 Å². The summed E-state index contributed by atoms with van der Waals surface area (Å²) in [4.78, 5) is 14.8. The van der Waals surface area contributed by atoms with Crippen molar-refractivity contribution in [1.82, 2.24) is 15.0 Å². The molecule has 4 nitrogen and oxygen atoms in total. The summed E-state index contributed by atoms with van der Waals surface area (Å²) in [6.45, 7) is 0. The van der Waals surface area contributed by atoms with Gasteiger partial charge < -0.3 is 4.42 Å². The zero-order chi connectivity index (χ0) is 37.0. The molecule has 0 aliphatic rings. The highest BCUT2D eigenvalue weighted by Gasteiger charge is 2.20. The van der Waals surface area contributed by atoms with Crippen LogP contribution in [-0.4, -0.2) is 15.0 Å². The minimum absolute atomic E-state index is 0.679. The van der Waals surface area contributed by atoms with Crippen molar-refractivity contribution in [2.24, 2.45) is 0 Å². The molecule has 0 N–H and O–H groups in total. The second-order valence-electron chi connectivity index (χ2n) is 13.9. The van der Waals surface area contributed by atoms with Crippen LogP contribution in [0.5, 0.6) is 0 Å². The van der Waals surface area contributed by atoms with E-state index < -0.39 is 0 Å². The maximum atomic E-state index is 6.74. The minimum atomic E-state index is 0.679. The van der Waals surface area contributed by atoms with Crippen molar-refractivity contribution in [3.63, 3.8) is 0 Å². The molecule has 0 saturated carbocycles. The van der Waals surface area contributed by atoms with E-state index in [1.165, 1.54) is 31.3 Å². The number of nitrogens with zero attached hydrogens (tertiary/aromatic N) is 3. The monoisotopic (exact) mass is 733 g/mol. The Hall–Kier alpha value is -7.21. The summed E-state index contributed by atoms with van der Waals surface area (Å²) in [5.74, 6) is 0.679. The molecule has 0 saturated heterocycles. The Labute approximate surface area is 327 Å². The summed E-state index contributed by atoms with van der Waals surface area (Å²) < 4.78 is 9.33. The molecule has 0 bridgehead atoms. The Morgan fingerprint density at radius 3 is 1.88 bits per heavy atom. The number of furan rings is 1. The van der Waals surface area contributed by atoms with Gasteiger partial charge in [0.15, 0.2) is 5.82 Å². The first-order valence-corrected chi connectivity index (χ1v) is 19.5. The summed E-state index contributed by atoms with van der Waals surface area (Å²) in [5, 5.41) is 4.82. The highest BCUT2D eigenvalue weighted by Crippen LogP contribution is 2.46. The van der Waals surface area contributed by atoms with Crippen LogP contribution in [0.15, 0.2) is 193 Å². The number of rotatable bonds is 6. The van der Waals surface area contributed by atoms with Crippen molar-refractivity contribution in [3.05, 3.63) is 188 Å². The maximum absolute atomic E-state index is 6.74. The summed E-state index contributed by atoms with van der Waals surface area (Å²) in [6.07, 6.45) is 1.82. The molecule has 7 aromatic carbocycles. The van der Waals surface area contributed by atoms with Gasteiger partial charge in [-0.15, -0.1) is 11.3 Å². The van der Waals surface area contributed by atoms with Gasteiger partial charge in [-0.1, -0.05) is 133 Å². The lowest BCUT2D eigenvalue weighted by Gasteiger charge is -2.12. The molecule has 0 radical (unpaired) electrons. The van der Waals surface area contributed by atoms with Crippen LogP contribution in [0.2, 0.25) is 0 Å². The second-order valence-corrected chi connectivity index (χ2v) is 15.0. The summed E-state index contributed by atoms with van der Waals surface area (Å²) >= 11 is 1.84. The predicted molar refractivity (Wildman–Crippen MR) is 233 cm³/mol. The smallest absolute Gasteiger partial charge is 0.160 e. The molecule has 4 aromatic heterocycles. The van der Waals surface area contributed by atoms with E-state index >= 15 is 0 Å². The molecule has 0 unspecified atom stereocenters. The third kappa shape index (κ3) is 5.48. The van der Waals surface area contributed by atoms with E-state index in [1.54, 1.807) is 0 Å². The molecular weight excluding hydrogens is 703 g/mol. The normalized spacial score (nSPS) is 11.6. The zero-order valence-electron chi connectivity index (χ0n) is 30.1. The van der Waals surface area contributed by atoms with Crippen molar-refractivity contribution in [2.45, 2.75) is 0 Å². The van der Waals surface area contributed by atoms with Crippen LogP contribution in [0.3, 0.4) is 0 Å². The fourth-order valence-corrected chi connectivity index (χ4v) is 9.06. The van der Waals surface area contributed by atoms with Crippen LogP contribution in [0.25, 0.3) is 110 Å². The van der Waals surface area contributed by atoms with E-state index in [-0.39, 0.29) is 0 Å². The van der Waals surface area contributed by atoms with Gasteiger partial charge in [-0.25, -0.2) is 9.97 Å². The molecule has 0 amide bonds. The van der Waals surface area contributed by atoms with E-state index in [2.05, 4.69) is 145 Å². The average Bonchev–Trinajstić information content (AvgIpc) is 3.86. The number of hydrogen-bond donors (Lipinski definition) is 0. The molecule has 11 aromatic rings. The van der Waals surface area contributed by atoms with Crippen LogP contribution in [0, 0.1) is 0 Å². The molecular formula is C51H31N3OS. The molecule has 0 fully saturated rings. The third-order valence-electron chi connectivity index (χ3n) is 10.6. The lowest BCUT2D eigenvalue weighted by Crippen LogP contribution is -1.96. The lowest BCUT2D eigenvalue weighted by molar-refractivity contribution is 0.670. The number of hydrogen-bond acceptors (Lipinski definition) is 5. The topological polar surface area (TPSA) is 51.8 Å². The first kappa shape index (κ1) is 32.2. The van der Waals surface area contributed by atoms with Gasteiger partial charge >= 0.3 is 0 Å². The Morgan fingerprint density at radius 2 is 1.04 bits per heavy atom. The second kappa shape index (κ2) is 13.3. The van der Waals surface area contributed by atoms with Crippen LogP contribution >= 0.6 is 11.3 Å². The van der Waals surface area contributed by atoms with Crippen LogP contribution < -0.4 is 0 Å². The molecule has 0 spiro atoms. The molecule has 262 valence electrons. The quantitative estimate of drug-likeness (QED) is 0.171. The predicted octanol–water partition coefficient (Wildman–Crippen LogP) is 14.1. The van der Waals surface area contributed by atoms with Gasteiger partial charge in [0.1, 0.15) is 11.2 Å². The van der Waals surface area contributed by atoms with Gasteiger partial charge in [0.2, 0.25) is 0 Å². The largest absolute Gasteiger partial charge is 0.455 e. The number of fused-ring (bicyclic) bond motifs is 6. The number of aromatic nitrogens is 3. The van der Waals surface area contributed by atoms with Crippen LogP contribution in [0.1, 0.15) is 0 Å². The number of pyridine rings is 1. The molecule has 0 atom stereocenters. The van der Waals surface area contributed by atoms with E-state index in [0.29, 0.717) is 5.82 Å². The highest BCUT2D eigenvalue weighted by atomic mass is 32.1. The Morgan fingerprint density at radius 1 is 0.393 bits per heavy atom. The molecule has 5 heteroatoms. The summed E-state index contributed by atoms with van der Waals surface area (Å²) in [5.41, 5.74) is 12.9. The Bertz CT molecular complexity index is 3240. The lowest BCUT2D eigenvalue weighted by atomic mass is 9.92. The number of benzene rings is 7. The minimum Gasteiger partial charge on any atom is -0.455 e. The number of thiophene rings is 1. The van der Waals surface area contributed by atoms with E-state index in [4.69, 9.17) is 14.4 Å². The molecule has 4 heterocycles. The summed E-state index contributed by atoms with van der Waals surface area (Å²) in [7, 11) is 0. The Kier molecular flexibility index (Phi) is 7.64. The fraction of sp³-hybridized carbons (Fsp3) is 0. The third-order valence-corrected chi connectivity index (χ3v) is 11.7. The highest BCUT2D eigenvalue weighted by molar-refractivity contribution is 7.25. The average molecular weight is 734 g/mol. The van der Waals surface area contributed by atoms with Crippen LogP contribution in [-0.2, 0) is 0 Å². The first-order valence-electron chi connectivity index (χ1n) is 18.7. The van der Waals surface area contributed by atoms with Gasteiger partial charge in [-0.05, 0) is 65.2 Å². The van der Waals surface area contributed by atoms with Gasteiger partial charge in [0, 0.05) is 65.0 Å². The first-order chi connectivity index (χ1) is 27.7. The van der Waals surface area contributed by atoms with Gasteiger partial charge in [0.05, 0.1) is 17.1 Å². The van der Waals surface area contributed by atoms with Crippen molar-refractivity contribution in [2.75, 3.05) is 0 Å². The molecule has 56 heavy (non-hydrogen) atoms. The van der Waals surface area contributed by atoms with Crippen LogP contribution in [0.4, 0.5) is 0 Å². The zero-order valence-corrected chi connectivity index (χ0v) is 30.9. The maximum Gasteiger partial charge on any atom is 0.160 e. The Balaban J connectivity index is 1.04. The van der Waals surface area contributed by atoms with E-state index in [0.717, 1.165) is 72.4 Å². The fourth-order valence-electron chi connectivity index (χ4n) is 7.93. The summed E-state index contributed by atoms with van der Waals surface area (Å²) in [6, 6.07) is 63.5.